The second-order valence-electron chi connectivity index (χ2n) is 5.34. The van der Waals surface area contributed by atoms with Gasteiger partial charge in [0.1, 0.15) is 6.54 Å². The van der Waals surface area contributed by atoms with E-state index in [4.69, 9.17) is 9.47 Å². The number of thioether (sulfide) groups is 1. The molecule has 0 atom stereocenters. The summed E-state index contributed by atoms with van der Waals surface area (Å²) in [5.74, 6) is 0.347. The maximum absolute atomic E-state index is 12.9. The molecule has 142 valence electrons. The topological polar surface area (TPSA) is 69.5 Å². The lowest BCUT2D eigenvalue weighted by Gasteiger charge is -2.28. The number of anilines is 1. The van der Waals surface area contributed by atoms with E-state index in [0.717, 1.165) is 16.3 Å². The van der Waals surface area contributed by atoms with Gasteiger partial charge in [0.05, 0.1) is 19.8 Å². The van der Waals surface area contributed by atoms with Crippen LogP contribution in [-0.2, 0) is 20.8 Å². The molecule has 0 aliphatic carbocycles. The number of ether oxygens (including phenoxy) is 2. The number of carbonyl (C=O) groups excluding carboxylic acids is 1. The van der Waals surface area contributed by atoms with Crippen molar-refractivity contribution in [1.82, 2.24) is 14.8 Å². The Morgan fingerprint density at radius 3 is 2.68 bits per heavy atom. The Hall–Kier alpha value is -1.49. The molecular formula is C14H21F3N4O3S. The highest BCUT2D eigenvalue weighted by molar-refractivity contribution is 7.99. The summed E-state index contributed by atoms with van der Waals surface area (Å²) in [6, 6.07) is 0. The zero-order valence-electron chi connectivity index (χ0n) is 13.9. The largest absolute Gasteiger partial charge is 0.466 e. The van der Waals surface area contributed by atoms with Crippen molar-refractivity contribution >= 4 is 23.7 Å². The van der Waals surface area contributed by atoms with Crippen molar-refractivity contribution in [3.05, 3.63) is 0 Å². The van der Waals surface area contributed by atoms with Crippen molar-refractivity contribution in [2.75, 3.05) is 43.6 Å². The van der Waals surface area contributed by atoms with Gasteiger partial charge in [-0.25, -0.2) is 0 Å². The Labute approximate surface area is 147 Å². The fraction of sp³-hybridized carbons (Fsp3) is 0.786. The first-order valence-corrected chi connectivity index (χ1v) is 9.00. The highest BCUT2D eigenvalue weighted by Gasteiger charge is 2.32. The van der Waals surface area contributed by atoms with Crippen LogP contribution in [0.1, 0.15) is 19.8 Å². The van der Waals surface area contributed by atoms with Crippen LogP contribution in [0.25, 0.3) is 0 Å². The van der Waals surface area contributed by atoms with Crippen LogP contribution in [0, 0.1) is 0 Å². The predicted molar refractivity (Wildman–Crippen MR) is 85.7 cm³/mol. The van der Waals surface area contributed by atoms with Crippen LogP contribution in [0.5, 0.6) is 0 Å². The highest BCUT2D eigenvalue weighted by Crippen LogP contribution is 2.28. The first-order chi connectivity index (χ1) is 11.9. The quantitative estimate of drug-likeness (QED) is 0.387. The van der Waals surface area contributed by atoms with Crippen LogP contribution >= 0.6 is 11.8 Å². The molecular weight excluding hydrogens is 361 g/mol. The van der Waals surface area contributed by atoms with Gasteiger partial charge in [-0.2, -0.15) is 13.2 Å². The molecule has 25 heavy (non-hydrogen) atoms. The van der Waals surface area contributed by atoms with Crippen molar-refractivity contribution in [2.45, 2.75) is 37.6 Å². The Bertz CT molecular complexity index is 562. The predicted octanol–water partition coefficient (Wildman–Crippen LogP) is 2.11. The monoisotopic (exact) mass is 382 g/mol. The normalized spacial score (nSPS) is 15.4. The maximum Gasteiger partial charge on any atom is 0.406 e. The molecule has 1 aliphatic rings. The molecule has 0 spiro atoms. The molecule has 0 saturated carbocycles. The number of hydrogen-bond acceptors (Lipinski definition) is 7. The van der Waals surface area contributed by atoms with Crippen LogP contribution in [0.2, 0.25) is 0 Å². The third-order valence-corrected chi connectivity index (χ3v) is 4.44. The lowest BCUT2D eigenvalue weighted by Crippen LogP contribution is -2.38. The SMILES string of the molecule is CCOC(=O)CCCSc1nnc(N2CCOCC2)n1CC(F)(F)F. The maximum atomic E-state index is 12.9. The molecule has 2 rings (SSSR count). The second-order valence-corrected chi connectivity index (χ2v) is 6.40. The molecule has 1 aromatic heterocycles. The van der Waals surface area contributed by atoms with Gasteiger partial charge >= 0.3 is 12.1 Å². The fourth-order valence-corrected chi connectivity index (χ4v) is 3.19. The summed E-state index contributed by atoms with van der Waals surface area (Å²) >= 11 is 1.16. The van der Waals surface area contributed by atoms with E-state index in [9.17, 15) is 18.0 Å². The molecule has 11 heteroatoms. The van der Waals surface area contributed by atoms with Crippen molar-refractivity contribution in [2.24, 2.45) is 0 Å². The molecule has 1 fully saturated rings. The van der Waals surface area contributed by atoms with Gasteiger partial charge in [0.2, 0.25) is 5.95 Å². The molecule has 0 N–H and O–H groups in total. The van der Waals surface area contributed by atoms with E-state index in [-0.39, 0.29) is 23.5 Å². The number of alkyl halides is 3. The van der Waals surface area contributed by atoms with E-state index in [1.807, 2.05) is 0 Å². The van der Waals surface area contributed by atoms with Crippen molar-refractivity contribution < 1.29 is 27.4 Å². The van der Waals surface area contributed by atoms with Crippen molar-refractivity contribution in [1.29, 1.82) is 0 Å². The van der Waals surface area contributed by atoms with Gasteiger partial charge in [0, 0.05) is 25.3 Å². The molecule has 0 bridgehead atoms. The lowest BCUT2D eigenvalue weighted by atomic mass is 10.3. The molecule has 0 radical (unpaired) electrons. The number of carbonyl (C=O) groups is 1. The molecule has 1 aliphatic heterocycles. The van der Waals surface area contributed by atoms with E-state index in [1.54, 1.807) is 11.8 Å². The minimum absolute atomic E-state index is 0.197. The summed E-state index contributed by atoms with van der Waals surface area (Å²) in [5, 5.41) is 8.04. The summed E-state index contributed by atoms with van der Waals surface area (Å²) in [6.07, 6.45) is -3.65. The number of nitrogens with zero attached hydrogens (tertiary/aromatic N) is 4. The summed E-state index contributed by atoms with van der Waals surface area (Å²) in [5.41, 5.74) is 0. The van der Waals surface area contributed by atoms with E-state index >= 15 is 0 Å². The van der Waals surface area contributed by atoms with Gasteiger partial charge in [-0.15, -0.1) is 10.2 Å². The summed E-state index contributed by atoms with van der Waals surface area (Å²) < 4.78 is 49.9. The number of hydrogen-bond donors (Lipinski definition) is 0. The summed E-state index contributed by atoms with van der Waals surface area (Å²) in [4.78, 5) is 13.0. The minimum Gasteiger partial charge on any atom is -0.466 e. The highest BCUT2D eigenvalue weighted by atomic mass is 32.2. The van der Waals surface area contributed by atoms with E-state index in [0.29, 0.717) is 45.1 Å². The standard InChI is InChI=1S/C14H21F3N4O3S/c1-2-24-11(22)4-3-9-25-13-19-18-12(20-5-7-23-8-6-20)21(13)10-14(15,16)17/h2-10H2,1H3. The Balaban J connectivity index is 2.01. The number of rotatable bonds is 8. The van der Waals surface area contributed by atoms with Crippen LogP contribution in [0.3, 0.4) is 0 Å². The number of morpholine rings is 1. The number of aromatic nitrogens is 3. The lowest BCUT2D eigenvalue weighted by molar-refractivity contribution is -0.143. The van der Waals surface area contributed by atoms with Gasteiger partial charge < -0.3 is 14.4 Å². The van der Waals surface area contributed by atoms with Gasteiger partial charge in [-0.1, -0.05) is 11.8 Å². The number of esters is 1. The van der Waals surface area contributed by atoms with Gasteiger partial charge in [-0.3, -0.25) is 9.36 Å². The smallest absolute Gasteiger partial charge is 0.406 e. The van der Waals surface area contributed by atoms with Crippen LogP contribution < -0.4 is 4.90 Å². The fourth-order valence-electron chi connectivity index (χ4n) is 2.32. The van der Waals surface area contributed by atoms with Crippen molar-refractivity contribution in [3.63, 3.8) is 0 Å². The Morgan fingerprint density at radius 1 is 1.32 bits per heavy atom. The Morgan fingerprint density at radius 2 is 2.04 bits per heavy atom. The van der Waals surface area contributed by atoms with E-state index in [1.165, 1.54) is 0 Å². The average Bonchev–Trinajstić information content (AvgIpc) is 2.93. The summed E-state index contributed by atoms with van der Waals surface area (Å²) in [6.45, 7) is 2.73. The van der Waals surface area contributed by atoms with Gasteiger partial charge in [0.15, 0.2) is 5.16 Å². The van der Waals surface area contributed by atoms with Gasteiger partial charge in [0.25, 0.3) is 0 Å². The molecule has 1 aromatic rings. The van der Waals surface area contributed by atoms with E-state index in [2.05, 4.69) is 10.2 Å². The average molecular weight is 382 g/mol. The molecule has 7 nitrogen and oxygen atoms in total. The third kappa shape index (κ3) is 6.38. The molecule has 1 saturated heterocycles. The third-order valence-electron chi connectivity index (χ3n) is 3.39. The minimum atomic E-state index is -4.37. The molecule has 0 aromatic carbocycles. The van der Waals surface area contributed by atoms with Crippen LogP contribution in [0.15, 0.2) is 5.16 Å². The zero-order chi connectivity index (χ0) is 18.3. The van der Waals surface area contributed by atoms with Crippen LogP contribution in [0.4, 0.5) is 19.1 Å². The van der Waals surface area contributed by atoms with E-state index < -0.39 is 12.7 Å². The molecule has 0 amide bonds. The van der Waals surface area contributed by atoms with Gasteiger partial charge in [-0.05, 0) is 13.3 Å². The number of halogens is 3. The second kappa shape index (κ2) is 9.27. The first kappa shape index (κ1) is 19.8. The zero-order valence-corrected chi connectivity index (χ0v) is 14.7. The summed E-state index contributed by atoms with van der Waals surface area (Å²) in [7, 11) is 0. The van der Waals surface area contributed by atoms with Crippen LogP contribution in [-0.4, -0.2) is 65.6 Å². The Kier molecular flexibility index (Phi) is 7.36. The molecule has 0 unspecified atom stereocenters. The first-order valence-electron chi connectivity index (χ1n) is 8.01. The molecule has 2 heterocycles. The van der Waals surface area contributed by atoms with Crippen molar-refractivity contribution in [3.8, 4) is 0 Å².